The molecule has 0 radical (unpaired) electrons. The molecule has 2 aromatic rings. The molecule has 122 valence electrons. The predicted molar refractivity (Wildman–Crippen MR) is 74.1 cm³/mol. The third-order valence-electron chi connectivity index (χ3n) is 3.69. The van der Waals surface area contributed by atoms with Gasteiger partial charge in [-0.1, -0.05) is 41.9 Å². The molecule has 1 N–H and O–H groups in total. The van der Waals surface area contributed by atoms with Crippen molar-refractivity contribution < 1.29 is 23.1 Å². The maximum atomic E-state index is 13.4. The molecule has 2 atom stereocenters. The highest BCUT2D eigenvalue weighted by Crippen LogP contribution is 2.46. The summed E-state index contributed by atoms with van der Waals surface area (Å²) in [6, 6.07) is 5.89. The summed E-state index contributed by atoms with van der Waals surface area (Å²) < 4.78 is 40.6. The van der Waals surface area contributed by atoms with Crippen LogP contribution in [0.2, 0.25) is 5.02 Å². The maximum Gasteiger partial charge on any atom is 0.410 e. The van der Waals surface area contributed by atoms with Crippen molar-refractivity contribution in [3.05, 3.63) is 46.6 Å². The van der Waals surface area contributed by atoms with Crippen LogP contribution in [0.1, 0.15) is 34.6 Å². The van der Waals surface area contributed by atoms with Gasteiger partial charge in [0.2, 0.25) is 0 Å². The minimum Gasteiger partial charge on any atom is -0.543 e. The van der Waals surface area contributed by atoms with E-state index in [1.54, 1.807) is 30.3 Å². The van der Waals surface area contributed by atoms with E-state index in [4.69, 9.17) is 11.6 Å². The van der Waals surface area contributed by atoms with E-state index in [0.29, 0.717) is 10.2 Å². The lowest BCUT2D eigenvalue weighted by Gasteiger charge is -2.33. The SMILES string of the molecule is O=C([O-])c1nn2c(c1Cl)N[C@H](c1ccccc1)C[C@@H]2C(F)(F)F. The van der Waals surface area contributed by atoms with Crippen molar-refractivity contribution in [1.82, 2.24) is 9.78 Å². The quantitative estimate of drug-likeness (QED) is 0.909. The topological polar surface area (TPSA) is 70.0 Å². The average molecular weight is 345 g/mol. The van der Waals surface area contributed by atoms with Crippen molar-refractivity contribution in [3.8, 4) is 0 Å². The Morgan fingerprint density at radius 1 is 1.35 bits per heavy atom. The zero-order valence-corrected chi connectivity index (χ0v) is 12.2. The Kier molecular flexibility index (Phi) is 3.71. The largest absolute Gasteiger partial charge is 0.543 e. The van der Waals surface area contributed by atoms with E-state index >= 15 is 0 Å². The number of carboxylic acid groups (broad SMARTS) is 1. The maximum absolute atomic E-state index is 13.4. The molecule has 3 rings (SSSR count). The summed E-state index contributed by atoms with van der Waals surface area (Å²) >= 11 is 5.87. The van der Waals surface area contributed by atoms with Crippen molar-refractivity contribution >= 4 is 23.4 Å². The number of nitrogens with one attached hydrogen (secondary N) is 1. The molecule has 0 bridgehead atoms. The van der Waals surface area contributed by atoms with Crippen LogP contribution < -0.4 is 10.4 Å². The van der Waals surface area contributed by atoms with Gasteiger partial charge in [-0.3, -0.25) is 0 Å². The van der Waals surface area contributed by atoms with Crippen molar-refractivity contribution in [2.75, 3.05) is 5.32 Å². The first-order valence-corrected chi connectivity index (χ1v) is 7.04. The summed E-state index contributed by atoms with van der Waals surface area (Å²) in [7, 11) is 0. The summed E-state index contributed by atoms with van der Waals surface area (Å²) in [4.78, 5) is 11.0. The summed E-state index contributed by atoms with van der Waals surface area (Å²) in [5.41, 5.74) is -0.0719. The monoisotopic (exact) mass is 344 g/mol. The number of carbonyl (C=O) groups excluding carboxylic acids is 1. The van der Waals surface area contributed by atoms with Gasteiger partial charge in [0.1, 0.15) is 16.5 Å². The zero-order chi connectivity index (χ0) is 16.8. The van der Waals surface area contributed by atoms with Gasteiger partial charge in [0.05, 0.1) is 12.0 Å². The molecule has 0 saturated carbocycles. The molecule has 2 heterocycles. The Morgan fingerprint density at radius 2 is 2.00 bits per heavy atom. The molecule has 1 aliphatic heterocycles. The average Bonchev–Trinajstić information content (AvgIpc) is 2.84. The molecule has 1 aromatic carbocycles. The molecular formula is C14H10ClF3N3O2-. The predicted octanol–water partition coefficient (Wildman–Crippen LogP) is 2.56. The van der Waals surface area contributed by atoms with Gasteiger partial charge >= 0.3 is 6.18 Å². The van der Waals surface area contributed by atoms with Crippen LogP contribution in [0, 0.1) is 0 Å². The lowest BCUT2D eigenvalue weighted by molar-refractivity contribution is -0.255. The van der Waals surface area contributed by atoms with E-state index in [1.165, 1.54) is 0 Å². The minimum atomic E-state index is -4.59. The number of halogens is 4. The van der Waals surface area contributed by atoms with Crippen LogP contribution in [-0.2, 0) is 0 Å². The van der Waals surface area contributed by atoms with Gasteiger partial charge in [-0.15, -0.1) is 0 Å². The summed E-state index contributed by atoms with van der Waals surface area (Å²) in [5.74, 6) is -1.90. The molecule has 0 amide bonds. The zero-order valence-electron chi connectivity index (χ0n) is 11.5. The highest BCUT2D eigenvalue weighted by Gasteiger charge is 2.47. The Bertz CT molecular complexity index is 746. The van der Waals surface area contributed by atoms with Gasteiger partial charge < -0.3 is 15.2 Å². The Balaban J connectivity index is 2.10. The van der Waals surface area contributed by atoms with E-state index in [9.17, 15) is 23.1 Å². The number of benzene rings is 1. The van der Waals surface area contributed by atoms with Gasteiger partial charge in [0.25, 0.3) is 0 Å². The molecular weight excluding hydrogens is 335 g/mol. The number of aromatic carboxylic acids is 1. The summed E-state index contributed by atoms with van der Waals surface area (Å²) in [5, 5.41) is 16.9. The number of aromatic nitrogens is 2. The van der Waals surface area contributed by atoms with Gasteiger partial charge in [-0.25, -0.2) is 4.68 Å². The number of rotatable bonds is 2. The number of hydrogen-bond acceptors (Lipinski definition) is 4. The van der Waals surface area contributed by atoms with Crippen molar-refractivity contribution in [1.29, 1.82) is 0 Å². The Labute approximate surface area is 133 Å². The molecule has 0 unspecified atom stereocenters. The normalized spacial score (nSPS) is 20.7. The van der Waals surface area contributed by atoms with E-state index in [2.05, 4.69) is 10.4 Å². The molecule has 1 aromatic heterocycles. The first kappa shape index (κ1) is 15.7. The molecule has 1 aliphatic rings. The minimum absolute atomic E-state index is 0.173. The number of anilines is 1. The van der Waals surface area contributed by atoms with Crippen LogP contribution >= 0.6 is 11.6 Å². The van der Waals surface area contributed by atoms with E-state index < -0.39 is 29.9 Å². The van der Waals surface area contributed by atoms with E-state index in [1.807, 2.05) is 0 Å². The first-order valence-electron chi connectivity index (χ1n) is 6.66. The van der Waals surface area contributed by atoms with Crippen LogP contribution in [0.25, 0.3) is 0 Å². The molecule has 0 aliphatic carbocycles. The van der Waals surface area contributed by atoms with Gasteiger partial charge in [0.15, 0.2) is 6.04 Å². The summed E-state index contributed by atoms with van der Waals surface area (Å²) in [6.45, 7) is 0. The third-order valence-corrected chi connectivity index (χ3v) is 4.05. The van der Waals surface area contributed by atoms with Gasteiger partial charge in [-0.2, -0.15) is 18.3 Å². The lowest BCUT2D eigenvalue weighted by Crippen LogP contribution is -2.36. The molecule has 23 heavy (non-hydrogen) atoms. The molecule has 9 heteroatoms. The fourth-order valence-corrected chi connectivity index (χ4v) is 2.88. The Hall–Kier alpha value is -2.22. The van der Waals surface area contributed by atoms with Crippen LogP contribution in [-0.4, -0.2) is 21.9 Å². The molecule has 5 nitrogen and oxygen atoms in total. The third kappa shape index (κ3) is 2.74. The first-order chi connectivity index (χ1) is 10.8. The number of hydrogen-bond donors (Lipinski definition) is 1. The molecule has 0 spiro atoms. The second-order valence-corrected chi connectivity index (χ2v) is 5.52. The highest BCUT2D eigenvalue weighted by molar-refractivity contribution is 6.35. The van der Waals surface area contributed by atoms with Crippen LogP contribution in [0.4, 0.5) is 19.0 Å². The van der Waals surface area contributed by atoms with Crippen LogP contribution in [0.15, 0.2) is 30.3 Å². The number of carboxylic acids is 1. The van der Waals surface area contributed by atoms with E-state index in [-0.39, 0.29) is 17.3 Å². The number of nitrogens with zero attached hydrogens (tertiary/aromatic N) is 2. The standard InChI is InChI=1S/C14H11ClF3N3O2/c15-10-11(13(22)23)20-21-9(14(16,17)18)6-8(19-12(10)21)7-4-2-1-3-5-7/h1-5,8-9,19H,6H2,(H,22,23)/p-1/t8-,9+/m0/s1. The lowest BCUT2D eigenvalue weighted by atomic mass is 9.97. The number of alkyl halides is 3. The fraction of sp³-hybridized carbons (Fsp3) is 0.286. The van der Waals surface area contributed by atoms with Gasteiger partial charge in [-0.05, 0) is 5.56 Å². The fourth-order valence-electron chi connectivity index (χ4n) is 2.62. The second-order valence-electron chi connectivity index (χ2n) is 5.14. The van der Waals surface area contributed by atoms with E-state index in [0.717, 1.165) is 0 Å². The Morgan fingerprint density at radius 3 is 2.57 bits per heavy atom. The number of carbonyl (C=O) groups is 1. The second kappa shape index (κ2) is 5.45. The molecule has 0 fully saturated rings. The van der Waals surface area contributed by atoms with Crippen LogP contribution in [0.5, 0.6) is 0 Å². The van der Waals surface area contributed by atoms with Crippen molar-refractivity contribution in [3.63, 3.8) is 0 Å². The van der Waals surface area contributed by atoms with Crippen molar-refractivity contribution in [2.24, 2.45) is 0 Å². The highest BCUT2D eigenvalue weighted by atomic mass is 35.5. The van der Waals surface area contributed by atoms with Gasteiger partial charge in [0, 0.05) is 6.42 Å². The van der Waals surface area contributed by atoms with Crippen molar-refractivity contribution in [2.45, 2.75) is 24.7 Å². The summed E-state index contributed by atoms with van der Waals surface area (Å²) in [6.07, 6.45) is -4.92. The smallest absolute Gasteiger partial charge is 0.410 e. The van der Waals surface area contributed by atoms with Crippen LogP contribution in [0.3, 0.4) is 0 Å². The number of fused-ring (bicyclic) bond motifs is 1. The molecule has 0 saturated heterocycles.